The van der Waals surface area contributed by atoms with Crippen molar-refractivity contribution in [2.45, 2.75) is 12.8 Å². The molecule has 0 saturated heterocycles. The molecule has 2 heteroatoms. The van der Waals surface area contributed by atoms with Crippen LogP contribution in [0, 0.1) is 0 Å². The molecule has 13 heavy (non-hydrogen) atoms. The van der Waals surface area contributed by atoms with Crippen LogP contribution in [0.25, 0.3) is 0 Å². The average Bonchev–Trinajstić information content (AvgIpc) is 2.17. The molecule has 2 nitrogen and oxygen atoms in total. The van der Waals surface area contributed by atoms with Crippen LogP contribution in [-0.2, 0) is 0 Å². The van der Waals surface area contributed by atoms with Gasteiger partial charge in [-0.25, -0.2) is 0 Å². The van der Waals surface area contributed by atoms with Gasteiger partial charge in [0.25, 0.3) is 0 Å². The van der Waals surface area contributed by atoms with Gasteiger partial charge < -0.3 is 5.11 Å². The Bertz CT molecular complexity index is 329. The predicted octanol–water partition coefficient (Wildman–Crippen LogP) is 2.49. The molecule has 0 saturated carbocycles. The SMILES string of the molecule is C=C[C@H](C)c1cccc(C=O)c1O. The molecule has 0 aliphatic carbocycles. The Morgan fingerprint density at radius 2 is 2.23 bits per heavy atom. The first-order chi connectivity index (χ1) is 6.20. The summed E-state index contributed by atoms with van der Waals surface area (Å²) in [6, 6.07) is 5.12. The van der Waals surface area contributed by atoms with Crippen LogP contribution in [0.1, 0.15) is 28.8 Å². The summed E-state index contributed by atoms with van der Waals surface area (Å²) < 4.78 is 0. The molecule has 0 bridgehead atoms. The van der Waals surface area contributed by atoms with E-state index in [1.165, 1.54) is 0 Å². The van der Waals surface area contributed by atoms with Gasteiger partial charge in [-0.3, -0.25) is 4.79 Å². The fourth-order valence-corrected chi connectivity index (χ4v) is 1.17. The molecular weight excluding hydrogens is 164 g/mol. The van der Waals surface area contributed by atoms with Crippen LogP contribution in [0.2, 0.25) is 0 Å². The van der Waals surface area contributed by atoms with E-state index in [1.807, 2.05) is 6.92 Å². The van der Waals surface area contributed by atoms with Crippen LogP contribution in [0.5, 0.6) is 5.75 Å². The number of hydrogen-bond donors (Lipinski definition) is 1. The molecule has 0 radical (unpaired) electrons. The van der Waals surface area contributed by atoms with Crippen molar-refractivity contribution in [2.75, 3.05) is 0 Å². The third-order valence-corrected chi connectivity index (χ3v) is 2.07. The molecule has 1 N–H and O–H groups in total. The highest BCUT2D eigenvalue weighted by atomic mass is 16.3. The van der Waals surface area contributed by atoms with Gasteiger partial charge in [-0.05, 0) is 6.07 Å². The van der Waals surface area contributed by atoms with Gasteiger partial charge in [0.1, 0.15) is 5.75 Å². The lowest BCUT2D eigenvalue weighted by Gasteiger charge is -2.09. The lowest BCUT2D eigenvalue weighted by molar-refractivity contribution is 0.112. The molecule has 0 spiro atoms. The van der Waals surface area contributed by atoms with Gasteiger partial charge in [-0.2, -0.15) is 0 Å². The van der Waals surface area contributed by atoms with Crippen LogP contribution in [0.15, 0.2) is 30.9 Å². The molecule has 68 valence electrons. The molecule has 0 aliphatic rings. The average molecular weight is 176 g/mol. The maximum absolute atomic E-state index is 10.5. The maximum atomic E-state index is 10.5. The van der Waals surface area contributed by atoms with E-state index in [1.54, 1.807) is 24.3 Å². The van der Waals surface area contributed by atoms with Crippen LogP contribution >= 0.6 is 0 Å². The molecule has 0 amide bonds. The van der Waals surface area contributed by atoms with Crippen molar-refractivity contribution >= 4 is 6.29 Å². The van der Waals surface area contributed by atoms with Crippen molar-refractivity contribution in [1.29, 1.82) is 0 Å². The van der Waals surface area contributed by atoms with Crippen molar-refractivity contribution < 1.29 is 9.90 Å². The highest BCUT2D eigenvalue weighted by Crippen LogP contribution is 2.28. The molecule has 0 fully saturated rings. The number of aldehydes is 1. The topological polar surface area (TPSA) is 37.3 Å². The van der Waals surface area contributed by atoms with Gasteiger partial charge >= 0.3 is 0 Å². The summed E-state index contributed by atoms with van der Waals surface area (Å²) >= 11 is 0. The fourth-order valence-electron chi connectivity index (χ4n) is 1.17. The van der Waals surface area contributed by atoms with E-state index in [2.05, 4.69) is 6.58 Å². The normalized spacial score (nSPS) is 12.1. The van der Waals surface area contributed by atoms with Crippen LogP contribution in [0.3, 0.4) is 0 Å². The molecule has 1 aromatic rings. The second-order valence-electron chi connectivity index (χ2n) is 2.93. The van der Waals surface area contributed by atoms with Crippen molar-refractivity contribution in [2.24, 2.45) is 0 Å². The number of para-hydroxylation sites is 1. The Balaban J connectivity index is 3.22. The second-order valence-corrected chi connectivity index (χ2v) is 2.93. The second kappa shape index (κ2) is 3.90. The quantitative estimate of drug-likeness (QED) is 0.567. The zero-order valence-electron chi connectivity index (χ0n) is 7.53. The zero-order chi connectivity index (χ0) is 9.84. The number of allylic oxidation sites excluding steroid dienone is 1. The number of phenols is 1. The zero-order valence-corrected chi connectivity index (χ0v) is 7.53. The first-order valence-corrected chi connectivity index (χ1v) is 4.10. The summed E-state index contributed by atoms with van der Waals surface area (Å²) in [4.78, 5) is 10.5. The number of aromatic hydroxyl groups is 1. The molecule has 1 atom stereocenters. The van der Waals surface area contributed by atoms with E-state index in [0.29, 0.717) is 11.8 Å². The van der Waals surface area contributed by atoms with Gasteiger partial charge in [0.15, 0.2) is 6.29 Å². The number of benzene rings is 1. The van der Waals surface area contributed by atoms with Crippen molar-refractivity contribution in [3.63, 3.8) is 0 Å². The van der Waals surface area contributed by atoms with E-state index in [4.69, 9.17) is 0 Å². The smallest absolute Gasteiger partial charge is 0.153 e. The molecule has 0 aliphatic heterocycles. The van der Waals surface area contributed by atoms with Crippen LogP contribution in [-0.4, -0.2) is 11.4 Å². The third-order valence-electron chi connectivity index (χ3n) is 2.07. The highest BCUT2D eigenvalue weighted by molar-refractivity contribution is 5.80. The number of carbonyl (C=O) groups is 1. The number of carbonyl (C=O) groups excluding carboxylic acids is 1. The Morgan fingerprint density at radius 3 is 2.77 bits per heavy atom. The van der Waals surface area contributed by atoms with Crippen molar-refractivity contribution in [1.82, 2.24) is 0 Å². The molecular formula is C11H12O2. The van der Waals surface area contributed by atoms with Crippen LogP contribution in [0.4, 0.5) is 0 Å². The van der Waals surface area contributed by atoms with E-state index < -0.39 is 0 Å². The monoisotopic (exact) mass is 176 g/mol. The van der Waals surface area contributed by atoms with E-state index in [-0.39, 0.29) is 11.7 Å². The van der Waals surface area contributed by atoms with E-state index in [0.717, 1.165) is 5.56 Å². The first-order valence-electron chi connectivity index (χ1n) is 4.10. The summed E-state index contributed by atoms with van der Waals surface area (Å²) in [5, 5.41) is 9.61. The number of rotatable bonds is 3. The van der Waals surface area contributed by atoms with Gasteiger partial charge in [0.2, 0.25) is 0 Å². The summed E-state index contributed by atoms with van der Waals surface area (Å²) in [5.41, 5.74) is 1.06. The highest BCUT2D eigenvalue weighted by Gasteiger charge is 2.09. The first kappa shape index (κ1) is 9.52. The van der Waals surface area contributed by atoms with E-state index >= 15 is 0 Å². The van der Waals surface area contributed by atoms with Gasteiger partial charge in [0, 0.05) is 11.5 Å². The minimum atomic E-state index is 0.0555. The summed E-state index contributed by atoms with van der Waals surface area (Å²) in [6.45, 7) is 5.55. The van der Waals surface area contributed by atoms with E-state index in [9.17, 15) is 9.90 Å². The minimum Gasteiger partial charge on any atom is -0.507 e. The molecule has 1 aromatic carbocycles. The Labute approximate surface area is 77.5 Å². The lowest BCUT2D eigenvalue weighted by atomic mass is 9.98. The van der Waals surface area contributed by atoms with Crippen LogP contribution < -0.4 is 0 Å². The molecule has 0 heterocycles. The Hall–Kier alpha value is -1.57. The maximum Gasteiger partial charge on any atom is 0.153 e. The Morgan fingerprint density at radius 1 is 1.54 bits per heavy atom. The van der Waals surface area contributed by atoms with Gasteiger partial charge in [-0.15, -0.1) is 6.58 Å². The number of hydrogen-bond acceptors (Lipinski definition) is 2. The molecule has 1 rings (SSSR count). The summed E-state index contributed by atoms with van der Waals surface area (Å²) in [6.07, 6.45) is 2.37. The lowest BCUT2D eigenvalue weighted by Crippen LogP contribution is -1.92. The standard InChI is InChI=1S/C11H12O2/c1-3-8(2)10-6-4-5-9(7-12)11(10)13/h3-8,13H,1H2,2H3/t8-/m0/s1. The minimum absolute atomic E-state index is 0.0555. The predicted molar refractivity (Wildman–Crippen MR) is 52.1 cm³/mol. The summed E-state index contributed by atoms with van der Waals surface area (Å²) in [7, 11) is 0. The molecule has 0 aromatic heterocycles. The third kappa shape index (κ3) is 1.78. The summed E-state index contributed by atoms with van der Waals surface area (Å²) in [5.74, 6) is 0.116. The fraction of sp³-hybridized carbons (Fsp3) is 0.182. The van der Waals surface area contributed by atoms with Gasteiger partial charge in [-0.1, -0.05) is 25.1 Å². The van der Waals surface area contributed by atoms with Crippen molar-refractivity contribution in [3.05, 3.63) is 42.0 Å². The molecule has 0 unspecified atom stereocenters. The Kier molecular flexibility index (Phi) is 2.85. The van der Waals surface area contributed by atoms with Gasteiger partial charge in [0.05, 0.1) is 5.56 Å². The van der Waals surface area contributed by atoms with Crippen molar-refractivity contribution in [3.8, 4) is 5.75 Å². The largest absolute Gasteiger partial charge is 0.507 e. The number of phenolic OH excluding ortho intramolecular Hbond substituents is 1.